The maximum absolute atomic E-state index is 14.4. The minimum Gasteiger partial charge on any atom is -0.382 e. The second-order valence-electron chi connectivity index (χ2n) is 4.57. The highest BCUT2D eigenvalue weighted by Gasteiger charge is 2.47. The number of rotatable bonds is 3. The van der Waals surface area contributed by atoms with Gasteiger partial charge in [0.15, 0.2) is 11.9 Å². The van der Waals surface area contributed by atoms with Crippen molar-refractivity contribution in [1.29, 1.82) is 0 Å². The van der Waals surface area contributed by atoms with Gasteiger partial charge in [0.2, 0.25) is 0 Å². The summed E-state index contributed by atoms with van der Waals surface area (Å²) < 4.78 is 25.8. The minimum absolute atomic E-state index is 0.136. The van der Waals surface area contributed by atoms with Crippen LogP contribution in [0.2, 0.25) is 0 Å². The molecule has 0 bridgehead atoms. The molecule has 1 aromatic heterocycles. The smallest absolute Gasteiger partial charge is 0.330 e. The minimum atomic E-state index is -1.69. The van der Waals surface area contributed by atoms with Crippen LogP contribution in [0, 0.1) is 0 Å². The first-order valence-corrected chi connectivity index (χ1v) is 5.59. The van der Waals surface area contributed by atoms with Crippen LogP contribution in [0.3, 0.4) is 0 Å². The number of hydrogen-bond acceptors (Lipinski definition) is 4. The number of aromatic amines is 1. The SMILES string of the molecule is COC[C@@H]1C[C@@](C)(F)[C@H](n2ccc(=O)[nH]c2=O)O1. The standard InChI is InChI=1S/C11H15FN2O4/c1-11(12)5-7(6-17-2)18-9(11)14-4-3-8(15)13-10(14)16/h3-4,7,9H,5-6H2,1-2H3,(H,13,15,16)/t7-,9+,11+/m0/s1. The van der Waals surface area contributed by atoms with Crippen molar-refractivity contribution in [2.24, 2.45) is 0 Å². The summed E-state index contributed by atoms with van der Waals surface area (Å²) in [7, 11) is 1.50. The quantitative estimate of drug-likeness (QED) is 0.840. The summed E-state index contributed by atoms with van der Waals surface area (Å²) in [6.45, 7) is 1.62. The van der Waals surface area contributed by atoms with Gasteiger partial charge in [0.1, 0.15) is 0 Å². The topological polar surface area (TPSA) is 73.3 Å². The highest BCUT2D eigenvalue weighted by molar-refractivity contribution is 4.95. The number of aromatic nitrogens is 2. The fraction of sp³-hybridized carbons (Fsp3) is 0.636. The van der Waals surface area contributed by atoms with E-state index in [1.807, 2.05) is 0 Å². The summed E-state index contributed by atoms with van der Waals surface area (Å²) in [5, 5.41) is 0. The Labute approximate surface area is 102 Å². The van der Waals surface area contributed by atoms with Crippen LogP contribution in [0.4, 0.5) is 4.39 Å². The molecule has 6 nitrogen and oxygen atoms in total. The average molecular weight is 258 g/mol. The van der Waals surface area contributed by atoms with Crippen LogP contribution >= 0.6 is 0 Å². The zero-order chi connectivity index (χ0) is 13.3. The Hall–Kier alpha value is -1.47. The predicted molar refractivity (Wildman–Crippen MR) is 61.2 cm³/mol. The Morgan fingerprint density at radius 3 is 3.00 bits per heavy atom. The molecule has 0 aromatic carbocycles. The van der Waals surface area contributed by atoms with Gasteiger partial charge in [0.05, 0.1) is 12.7 Å². The zero-order valence-corrected chi connectivity index (χ0v) is 10.2. The lowest BCUT2D eigenvalue weighted by Crippen LogP contribution is -2.38. The lowest BCUT2D eigenvalue weighted by Gasteiger charge is -2.22. The normalized spacial score (nSPS) is 31.7. The molecule has 1 N–H and O–H groups in total. The summed E-state index contributed by atoms with van der Waals surface area (Å²) in [5.74, 6) is 0. The fourth-order valence-electron chi connectivity index (χ4n) is 2.17. The number of nitrogens with zero attached hydrogens (tertiary/aromatic N) is 1. The van der Waals surface area contributed by atoms with E-state index in [1.165, 1.54) is 20.2 Å². The third kappa shape index (κ3) is 2.37. The third-order valence-corrected chi connectivity index (χ3v) is 2.92. The Kier molecular flexibility index (Phi) is 3.36. The van der Waals surface area contributed by atoms with Crippen LogP contribution in [0.1, 0.15) is 19.6 Å². The van der Waals surface area contributed by atoms with E-state index in [0.29, 0.717) is 0 Å². The lowest BCUT2D eigenvalue weighted by molar-refractivity contribution is -0.0655. The molecule has 1 fully saturated rings. The molecule has 2 rings (SSSR count). The van der Waals surface area contributed by atoms with Crippen molar-refractivity contribution in [2.75, 3.05) is 13.7 Å². The average Bonchev–Trinajstić information content (AvgIpc) is 2.54. The molecule has 0 spiro atoms. The maximum atomic E-state index is 14.4. The van der Waals surface area contributed by atoms with E-state index in [4.69, 9.17) is 9.47 Å². The molecule has 0 amide bonds. The highest BCUT2D eigenvalue weighted by Crippen LogP contribution is 2.40. The second kappa shape index (κ2) is 4.66. The number of alkyl halides is 1. The largest absolute Gasteiger partial charge is 0.382 e. The van der Waals surface area contributed by atoms with Crippen LogP contribution in [0.15, 0.2) is 21.9 Å². The first kappa shape index (κ1) is 13.0. The van der Waals surface area contributed by atoms with Gasteiger partial charge in [0.25, 0.3) is 5.56 Å². The molecule has 0 unspecified atom stereocenters. The molecule has 2 heterocycles. The van der Waals surface area contributed by atoms with Crippen molar-refractivity contribution in [3.63, 3.8) is 0 Å². The van der Waals surface area contributed by atoms with E-state index in [-0.39, 0.29) is 13.0 Å². The second-order valence-corrected chi connectivity index (χ2v) is 4.57. The van der Waals surface area contributed by atoms with Gasteiger partial charge in [-0.25, -0.2) is 9.18 Å². The van der Waals surface area contributed by atoms with E-state index in [0.717, 1.165) is 10.6 Å². The maximum Gasteiger partial charge on any atom is 0.330 e. The summed E-state index contributed by atoms with van der Waals surface area (Å²) in [6, 6.07) is 1.16. The number of methoxy groups -OCH3 is 1. The summed E-state index contributed by atoms with van der Waals surface area (Å²) in [4.78, 5) is 24.6. The first-order valence-electron chi connectivity index (χ1n) is 5.59. The van der Waals surface area contributed by atoms with Crippen molar-refractivity contribution in [2.45, 2.75) is 31.3 Å². The summed E-state index contributed by atoms with van der Waals surface area (Å²) in [6.07, 6.45) is -0.0912. The third-order valence-electron chi connectivity index (χ3n) is 2.92. The van der Waals surface area contributed by atoms with Gasteiger partial charge in [-0.3, -0.25) is 14.3 Å². The van der Waals surface area contributed by atoms with Crippen molar-refractivity contribution in [1.82, 2.24) is 9.55 Å². The monoisotopic (exact) mass is 258 g/mol. The van der Waals surface area contributed by atoms with Crippen molar-refractivity contribution >= 4 is 0 Å². The van der Waals surface area contributed by atoms with E-state index in [1.54, 1.807) is 0 Å². The van der Waals surface area contributed by atoms with Crippen LogP contribution in [0.25, 0.3) is 0 Å². The molecule has 3 atom stereocenters. The molecule has 100 valence electrons. The Bertz CT molecular complexity index is 536. The molecule has 0 radical (unpaired) electrons. The van der Waals surface area contributed by atoms with Crippen LogP contribution in [-0.4, -0.2) is 35.0 Å². The van der Waals surface area contributed by atoms with Crippen LogP contribution in [-0.2, 0) is 9.47 Å². The Morgan fingerprint density at radius 1 is 1.67 bits per heavy atom. The van der Waals surface area contributed by atoms with E-state index < -0.39 is 29.2 Å². The predicted octanol–water partition coefficient (Wildman–Crippen LogP) is 0.199. The van der Waals surface area contributed by atoms with E-state index in [9.17, 15) is 14.0 Å². The van der Waals surface area contributed by atoms with E-state index in [2.05, 4.69) is 4.98 Å². The van der Waals surface area contributed by atoms with E-state index >= 15 is 0 Å². The van der Waals surface area contributed by atoms with Crippen molar-refractivity contribution in [3.05, 3.63) is 33.1 Å². The Morgan fingerprint density at radius 2 is 2.39 bits per heavy atom. The summed E-state index contributed by atoms with van der Waals surface area (Å²) in [5.41, 5.74) is -2.90. The number of halogens is 1. The molecule has 0 saturated carbocycles. The van der Waals surface area contributed by atoms with Crippen molar-refractivity contribution in [3.8, 4) is 0 Å². The van der Waals surface area contributed by atoms with Gasteiger partial charge in [-0.1, -0.05) is 0 Å². The molecule has 7 heteroatoms. The van der Waals surface area contributed by atoms with Crippen LogP contribution < -0.4 is 11.2 Å². The number of hydrogen-bond donors (Lipinski definition) is 1. The molecule has 1 aliphatic rings. The zero-order valence-electron chi connectivity index (χ0n) is 10.2. The van der Waals surface area contributed by atoms with Gasteiger partial charge in [-0.05, 0) is 6.92 Å². The number of ether oxygens (including phenoxy) is 2. The van der Waals surface area contributed by atoms with Gasteiger partial charge in [0, 0.05) is 25.8 Å². The fourth-order valence-corrected chi connectivity index (χ4v) is 2.17. The van der Waals surface area contributed by atoms with Crippen LogP contribution in [0.5, 0.6) is 0 Å². The van der Waals surface area contributed by atoms with Gasteiger partial charge < -0.3 is 9.47 Å². The molecule has 1 aliphatic heterocycles. The lowest BCUT2D eigenvalue weighted by atomic mass is 10.0. The molecule has 0 aliphatic carbocycles. The number of H-pyrrole nitrogens is 1. The van der Waals surface area contributed by atoms with Gasteiger partial charge >= 0.3 is 5.69 Å². The summed E-state index contributed by atoms with van der Waals surface area (Å²) >= 11 is 0. The number of nitrogens with one attached hydrogen (secondary N) is 1. The van der Waals surface area contributed by atoms with Gasteiger partial charge in [-0.2, -0.15) is 0 Å². The molecule has 1 saturated heterocycles. The highest BCUT2D eigenvalue weighted by atomic mass is 19.1. The van der Waals surface area contributed by atoms with Crippen molar-refractivity contribution < 1.29 is 13.9 Å². The first-order chi connectivity index (χ1) is 8.44. The molecular weight excluding hydrogens is 243 g/mol. The van der Waals surface area contributed by atoms with Gasteiger partial charge in [-0.15, -0.1) is 0 Å². The molecule has 1 aromatic rings. The Balaban J connectivity index is 2.32. The molecular formula is C11H15FN2O4. The molecule has 18 heavy (non-hydrogen) atoms.